The van der Waals surface area contributed by atoms with Crippen molar-refractivity contribution < 1.29 is 12.6 Å². The largest absolute Gasteiger partial charge is 0.327 e. The molecule has 6 heteroatoms. The maximum Gasteiger partial charge on any atom is 0.148 e. The summed E-state index contributed by atoms with van der Waals surface area (Å²) in [6, 6.07) is -0.0524. The number of hydrogen-bond donors (Lipinski definition) is 1. The lowest BCUT2D eigenvalue weighted by Gasteiger charge is -2.38. The molecule has 0 heterocycles. The van der Waals surface area contributed by atoms with Crippen LogP contribution in [0, 0.1) is 5.41 Å². The van der Waals surface area contributed by atoms with Crippen LogP contribution in [-0.4, -0.2) is 41.7 Å². The van der Waals surface area contributed by atoms with E-state index in [0.29, 0.717) is 0 Å². The summed E-state index contributed by atoms with van der Waals surface area (Å²) in [5, 5.41) is -0.0551. The second kappa shape index (κ2) is 5.36. The van der Waals surface area contributed by atoms with E-state index in [1.54, 1.807) is 0 Å². The monoisotopic (exact) mass is 281 g/mol. The first kappa shape index (κ1) is 15.1. The normalized spacial score (nSPS) is 31.1. The van der Waals surface area contributed by atoms with Crippen LogP contribution in [0.5, 0.6) is 0 Å². The van der Waals surface area contributed by atoms with Crippen molar-refractivity contribution in [1.29, 1.82) is 0 Å². The summed E-state index contributed by atoms with van der Waals surface area (Å²) < 4.78 is 34.2. The van der Waals surface area contributed by atoms with E-state index in [4.69, 9.17) is 5.73 Å². The molecule has 1 aliphatic rings. The molecule has 102 valence electrons. The fraction of sp³-hybridized carbons (Fsp3) is 1.00. The standard InChI is InChI=1S/C11H23NO3S2/c1-11(2)5-4-9(12)10(8-11)16(13)6-7-17(3,14)15/h9-10H,4-8,12H2,1-3H3. The van der Waals surface area contributed by atoms with Crippen molar-refractivity contribution in [2.75, 3.05) is 17.8 Å². The summed E-state index contributed by atoms with van der Waals surface area (Å²) >= 11 is 0. The summed E-state index contributed by atoms with van der Waals surface area (Å²) in [6.07, 6.45) is 3.93. The molecule has 1 saturated carbocycles. The Bertz CT molecular complexity index is 390. The molecule has 17 heavy (non-hydrogen) atoms. The Balaban J connectivity index is 2.61. The highest BCUT2D eigenvalue weighted by Crippen LogP contribution is 2.36. The fourth-order valence-electron chi connectivity index (χ4n) is 2.21. The molecule has 2 N–H and O–H groups in total. The van der Waals surface area contributed by atoms with E-state index >= 15 is 0 Å². The van der Waals surface area contributed by atoms with E-state index in [9.17, 15) is 12.6 Å². The predicted octanol–water partition coefficient (Wildman–Crippen LogP) is 0.686. The number of nitrogens with two attached hydrogens (primary N) is 1. The zero-order valence-corrected chi connectivity index (χ0v) is 12.4. The summed E-state index contributed by atoms with van der Waals surface area (Å²) in [7, 11) is -4.17. The number of sulfone groups is 1. The summed E-state index contributed by atoms with van der Waals surface area (Å²) in [6.45, 7) is 4.30. The maximum atomic E-state index is 12.1. The van der Waals surface area contributed by atoms with Gasteiger partial charge in [0.1, 0.15) is 9.84 Å². The van der Waals surface area contributed by atoms with Crippen LogP contribution in [-0.2, 0) is 20.6 Å². The molecule has 0 radical (unpaired) electrons. The van der Waals surface area contributed by atoms with Gasteiger partial charge in [0.05, 0.1) is 11.0 Å². The van der Waals surface area contributed by atoms with Gasteiger partial charge in [0.15, 0.2) is 0 Å². The molecule has 1 aliphatic carbocycles. The molecule has 0 aromatic heterocycles. The maximum absolute atomic E-state index is 12.1. The summed E-state index contributed by atoms with van der Waals surface area (Å²) in [5.41, 5.74) is 6.17. The van der Waals surface area contributed by atoms with E-state index in [-0.39, 0.29) is 28.2 Å². The topological polar surface area (TPSA) is 77.2 Å². The Kier molecular flexibility index (Phi) is 4.77. The third kappa shape index (κ3) is 5.06. The van der Waals surface area contributed by atoms with Crippen LogP contribution in [0.25, 0.3) is 0 Å². The Hall–Kier alpha value is 0.0600. The highest BCUT2D eigenvalue weighted by Gasteiger charge is 2.36. The molecule has 0 aliphatic heterocycles. The zero-order chi connectivity index (χ0) is 13.3. The van der Waals surface area contributed by atoms with E-state index < -0.39 is 20.6 Å². The van der Waals surface area contributed by atoms with Crippen LogP contribution in [0.1, 0.15) is 33.1 Å². The molecule has 3 atom stereocenters. The first-order valence-corrected chi connectivity index (χ1v) is 9.35. The quantitative estimate of drug-likeness (QED) is 0.822. The molecule has 0 aromatic carbocycles. The SMILES string of the molecule is CC1(C)CCC(N)C(S(=O)CCS(C)(=O)=O)C1. The summed E-state index contributed by atoms with van der Waals surface area (Å²) in [5.74, 6) is 0.205. The van der Waals surface area contributed by atoms with E-state index in [2.05, 4.69) is 13.8 Å². The van der Waals surface area contributed by atoms with E-state index in [1.165, 1.54) is 6.26 Å². The van der Waals surface area contributed by atoms with Crippen LogP contribution in [0.15, 0.2) is 0 Å². The molecule has 0 spiro atoms. The lowest BCUT2D eigenvalue weighted by atomic mass is 9.75. The lowest BCUT2D eigenvalue weighted by Crippen LogP contribution is -2.46. The third-order valence-electron chi connectivity index (χ3n) is 3.38. The molecule has 0 aromatic rings. The molecule has 0 bridgehead atoms. The summed E-state index contributed by atoms with van der Waals surface area (Å²) in [4.78, 5) is 0. The van der Waals surface area contributed by atoms with Crippen molar-refractivity contribution in [2.24, 2.45) is 11.1 Å². The van der Waals surface area contributed by atoms with Gasteiger partial charge < -0.3 is 5.73 Å². The fourth-order valence-corrected chi connectivity index (χ4v) is 5.55. The molecule has 1 rings (SSSR count). The van der Waals surface area contributed by atoms with Gasteiger partial charge in [-0.15, -0.1) is 0 Å². The average molecular weight is 281 g/mol. The lowest BCUT2D eigenvalue weighted by molar-refractivity contribution is 0.230. The second-order valence-corrected chi connectivity index (χ2v) is 9.86. The Labute approximate surface area is 107 Å². The van der Waals surface area contributed by atoms with Gasteiger partial charge >= 0.3 is 0 Å². The molecule has 0 amide bonds. The van der Waals surface area contributed by atoms with Gasteiger partial charge in [-0.25, -0.2) is 8.42 Å². The van der Waals surface area contributed by atoms with Crippen LogP contribution in [0.4, 0.5) is 0 Å². The zero-order valence-electron chi connectivity index (χ0n) is 10.8. The number of rotatable bonds is 4. The van der Waals surface area contributed by atoms with Gasteiger partial charge in [-0.05, 0) is 24.7 Å². The van der Waals surface area contributed by atoms with Crippen molar-refractivity contribution in [3.63, 3.8) is 0 Å². The first-order chi connectivity index (χ1) is 7.61. The van der Waals surface area contributed by atoms with Gasteiger partial charge in [0.25, 0.3) is 0 Å². The Morgan fingerprint density at radius 2 is 2.00 bits per heavy atom. The van der Waals surface area contributed by atoms with Gasteiger partial charge in [0.2, 0.25) is 0 Å². The van der Waals surface area contributed by atoms with Gasteiger partial charge in [-0.2, -0.15) is 0 Å². The minimum atomic E-state index is -3.04. The predicted molar refractivity (Wildman–Crippen MR) is 72.1 cm³/mol. The van der Waals surface area contributed by atoms with Gasteiger partial charge in [-0.3, -0.25) is 4.21 Å². The first-order valence-electron chi connectivity index (χ1n) is 5.91. The average Bonchev–Trinajstić information content (AvgIpc) is 2.17. The highest BCUT2D eigenvalue weighted by molar-refractivity contribution is 7.92. The van der Waals surface area contributed by atoms with Crippen LogP contribution in [0.2, 0.25) is 0 Å². The minimum Gasteiger partial charge on any atom is -0.327 e. The van der Waals surface area contributed by atoms with Crippen molar-refractivity contribution in [3.8, 4) is 0 Å². The van der Waals surface area contributed by atoms with Gasteiger partial charge in [0, 0.05) is 28.9 Å². The Morgan fingerprint density at radius 1 is 1.41 bits per heavy atom. The van der Waals surface area contributed by atoms with Crippen molar-refractivity contribution in [3.05, 3.63) is 0 Å². The van der Waals surface area contributed by atoms with Crippen LogP contribution < -0.4 is 5.73 Å². The molecule has 1 fully saturated rings. The van der Waals surface area contributed by atoms with Crippen molar-refractivity contribution >= 4 is 20.6 Å². The van der Waals surface area contributed by atoms with Crippen LogP contribution >= 0.6 is 0 Å². The van der Waals surface area contributed by atoms with E-state index in [1.807, 2.05) is 0 Å². The minimum absolute atomic E-state index is 0.0107. The molecule has 3 unspecified atom stereocenters. The van der Waals surface area contributed by atoms with Crippen molar-refractivity contribution in [2.45, 2.75) is 44.4 Å². The van der Waals surface area contributed by atoms with Crippen molar-refractivity contribution in [1.82, 2.24) is 0 Å². The molecular weight excluding hydrogens is 258 g/mol. The number of hydrogen-bond acceptors (Lipinski definition) is 4. The van der Waals surface area contributed by atoms with E-state index in [0.717, 1.165) is 19.3 Å². The smallest absolute Gasteiger partial charge is 0.148 e. The van der Waals surface area contributed by atoms with Crippen LogP contribution in [0.3, 0.4) is 0 Å². The molecule has 0 saturated heterocycles. The van der Waals surface area contributed by atoms with Gasteiger partial charge in [-0.1, -0.05) is 13.8 Å². The molecule has 4 nitrogen and oxygen atoms in total. The second-order valence-electron chi connectivity index (χ2n) is 5.82. The Morgan fingerprint density at radius 3 is 2.53 bits per heavy atom. The molecular formula is C11H23NO3S2. The third-order valence-corrected chi connectivity index (χ3v) is 6.38. The highest BCUT2D eigenvalue weighted by atomic mass is 32.2.